The van der Waals surface area contributed by atoms with Crippen molar-refractivity contribution in [2.45, 2.75) is 33.7 Å². The number of ether oxygens (including phenoxy) is 2. The molecule has 0 heterocycles. The van der Waals surface area contributed by atoms with Crippen LogP contribution in [-0.4, -0.2) is 26.3 Å². The zero-order valence-corrected chi connectivity index (χ0v) is 13.3. The third-order valence-corrected chi connectivity index (χ3v) is 3.37. The maximum absolute atomic E-state index is 13.9. The number of halogens is 1. The van der Waals surface area contributed by atoms with Crippen molar-refractivity contribution in [3.8, 4) is 11.5 Å². The second-order valence-corrected chi connectivity index (χ2v) is 5.87. The number of anilines is 1. The number of benzene rings is 1. The highest BCUT2D eigenvalue weighted by Gasteiger charge is 2.22. The first-order chi connectivity index (χ1) is 9.68. The molecule has 0 aliphatic rings. The van der Waals surface area contributed by atoms with Crippen LogP contribution in [0, 0.1) is 11.2 Å². The van der Waals surface area contributed by atoms with Crippen molar-refractivity contribution in [3.05, 3.63) is 17.9 Å². The standard InChI is InChI=1S/C15H23FN2O3/c1-9(15(2,3)4)17-14(19)18-11-8-13(21-6)12(20-5)7-10(11)16/h7-9H,1-6H3,(H2,17,18,19)/t9-/m0/s1. The Kier molecular flexibility index (Phi) is 5.41. The van der Waals surface area contributed by atoms with E-state index in [1.54, 1.807) is 0 Å². The molecule has 0 aromatic heterocycles. The topological polar surface area (TPSA) is 59.6 Å². The van der Waals surface area contributed by atoms with Gasteiger partial charge in [-0.2, -0.15) is 0 Å². The number of carbonyl (C=O) groups excluding carboxylic acids is 1. The number of rotatable bonds is 4. The van der Waals surface area contributed by atoms with E-state index in [4.69, 9.17) is 9.47 Å². The van der Waals surface area contributed by atoms with E-state index in [9.17, 15) is 9.18 Å². The van der Waals surface area contributed by atoms with Gasteiger partial charge in [0, 0.05) is 18.2 Å². The summed E-state index contributed by atoms with van der Waals surface area (Å²) in [5, 5.41) is 5.25. The molecule has 1 rings (SSSR count). The minimum absolute atomic E-state index is 0.0336. The van der Waals surface area contributed by atoms with Gasteiger partial charge in [-0.15, -0.1) is 0 Å². The molecular formula is C15H23FN2O3. The Morgan fingerprint density at radius 3 is 2.19 bits per heavy atom. The molecule has 0 saturated heterocycles. The first kappa shape index (κ1) is 17.1. The molecule has 0 saturated carbocycles. The number of hydrogen-bond acceptors (Lipinski definition) is 3. The lowest BCUT2D eigenvalue weighted by Crippen LogP contribution is -2.43. The van der Waals surface area contributed by atoms with E-state index in [0.717, 1.165) is 0 Å². The van der Waals surface area contributed by atoms with Crippen molar-refractivity contribution in [2.75, 3.05) is 19.5 Å². The molecule has 1 aromatic carbocycles. The van der Waals surface area contributed by atoms with Gasteiger partial charge in [0.15, 0.2) is 17.3 Å². The average molecular weight is 298 g/mol. The predicted octanol–water partition coefficient (Wildman–Crippen LogP) is 3.40. The SMILES string of the molecule is COc1cc(F)c(NC(=O)N[C@@H](C)C(C)(C)C)cc1OC. The minimum atomic E-state index is -0.591. The molecule has 1 atom stereocenters. The first-order valence-electron chi connectivity index (χ1n) is 6.68. The third-order valence-electron chi connectivity index (χ3n) is 3.37. The van der Waals surface area contributed by atoms with Crippen molar-refractivity contribution < 1.29 is 18.7 Å². The molecule has 0 radical (unpaired) electrons. The lowest BCUT2D eigenvalue weighted by Gasteiger charge is -2.28. The zero-order chi connectivity index (χ0) is 16.2. The number of urea groups is 1. The molecule has 5 nitrogen and oxygen atoms in total. The minimum Gasteiger partial charge on any atom is -0.493 e. The molecule has 0 spiro atoms. The summed E-state index contributed by atoms with van der Waals surface area (Å²) in [4.78, 5) is 11.9. The van der Waals surface area contributed by atoms with Crippen molar-refractivity contribution in [2.24, 2.45) is 5.41 Å². The number of hydrogen-bond donors (Lipinski definition) is 2. The van der Waals surface area contributed by atoms with Crippen molar-refractivity contribution in [1.82, 2.24) is 5.32 Å². The van der Waals surface area contributed by atoms with Gasteiger partial charge in [-0.05, 0) is 12.3 Å². The molecule has 0 aliphatic heterocycles. The van der Waals surface area contributed by atoms with E-state index in [1.807, 2.05) is 27.7 Å². The summed E-state index contributed by atoms with van der Waals surface area (Å²) >= 11 is 0. The van der Waals surface area contributed by atoms with Crippen LogP contribution in [0.1, 0.15) is 27.7 Å². The Hall–Kier alpha value is -1.98. The Morgan fingerprint density at radius 1 is 1.19 bits per heavy atom. The van der Waals surface area contributed by atoms with Crippen LogP contribution >= 0.6 is 0 Å². The van der Waals surface area contributed by atoms with Gasteiger partial charge >= 0.3 is 6.03 Å². The highest BCUT2D eigenvalue weighted by molar-refractivity contribution is 5.90. The molecule has 1 aromatic rings. The van der Waals surface area contributed by atoms with Gasteiger partial charge in [0.05, 0.1) is 19.9 Å². The number of methoxy groups -OCH3 is 2. The van der Waals surface area contributed by atoms with Gasteiger partial charge in [0.25, 0.3) is 0 Å². The first-order valence-corrected chi connectivity index (χ1v) is 6.68. The molecular weight excluding hydrogens is 275 g/mol. The van der Waals surface area contributed by atoms with E-state index < -0.39 is 11.8 Å². The maximum Gasteiger partial charge on any atom is 0.319 e. The fourth-order valence-electron chi connectivity index (χ4n) is 1.52. The Labute approximate surface area is 124 Å². The largest absolute Gasteiger partial charge is 0.493 e. The summed E-state index contributed by atoms with van der Waals surface area (Å²) in [6.07, 6.45) is 0. The molecule has 0 bridgehead atoms. The lowest BCUT2D eigenvalue weighted by molar-refractivity contribution is 0.233. The molecule has 6 heteroatoms. The molecule has 2 N–H and O–H groups in total. The van der Waals surface area contributed by atoms with Gasteiger partial charge in [-0.1, -0.05) is 20.8 Å². The van der Waals surface area contributed by atoms with Crippen LogP contribution in [0.4, 0.5) is 14.9 Å². The van der Waals surface area contributed by atoms with Crippen LogP contribution in [0.2, 0.25) is 0 Å². The highest BCUT2D eigenvalue weighted by Crippen LogP contribution is 2.32. The molecule has 0 unspecified atom stereocenters. The number of nitrogens with one attached hydrogen (secondary N) is 2. The van der Waals surface area contributed by atoms with Crippen molar-refractivity contribution in [1.29, 1.82) is 0 Å². The van der Waals surface area contributed by atoms with Crippen LogP contribution in [0.25, 0.3) is 0 Å². The van der Waals surface area contributed by atoms with E-state index in [0.29, 0.717) is 5.75 Å². The fraction of sp³-hybridized carbons (Fsp3) is 0.533. The highest BCUT2D eigenvalue weighted by atomic mass is 19.1. The van der Waals surface area contributed by atoms with Crippen molar-refractivity contribution in [3.63, 3.8) is 0 Å². The summed E-state index contributed by atoms with van der Waals surface area (Å²) in [6.45, 7) is 7.92. The molecule has 21 heavy (non-hydrogen) atoms. The third kappa shape index (κ3) is 4.51. The molecule has 0 aliphatic carbocycles. The van der Waals surface area contributed by atoms with Gasteiger partial charge in [-0.25, -0.2) is 9.18 Å². The normalized spacial score (nSPS) is 12.5. The second kappa shape index (κ2) is 6.65. The van der Waals surface area contributed by atoms with Gasteiger partial charge < -0.3 is 20.1 Å². The lowest BCUT2D eigenvalue weighted by atomic mass is 9.88. The Morgan fingerprint density at radius 2 is 1.71 bits per heavy atom. The van der Waals surface area contributed by atoms with E-state index in [-0.39, 0.29) is 22.9 Å². The molecule has 0 fully saturated rings. The zero-order valence-electron chi connectivity index (χ0n) is 13.3. The number of amides is 2. The summed E-state index contributed by atoms with van der Waals surface area (Å²) in [5.74, 6) is 0.0216. The van der Waals surface area contributed by atoms with Crippen LogP contribution in [0.15, 0.2) is 12.1 Å². The monoisotopic (exact) mass is 298 g/mol. The average Bonchev–Trinajstić information content (AvgIpc) is 2.39. The summed E-state index contributed by atoms with van der Waals surface area (Å²) in [6, 6.07) is 2.01. The quantitative estimate of drug-likeness (QED) is 0.895. The van der Waals surface area contributed by atoms with Crippen LogP contribution < -0.4 is 20.1 Å². The Balaban J connectivity index is 2.86. The summed E-state index contributed by atoms with van der Waals surface area (Å²) < 4.78 is 24.0. The fourth-order valence-corrected chi connectivity index (χ4v) is 1.52. The van der Waals surface area contributed by atoms with Gasteiger partial charge in [-0.3, -0.25) is 0 Å². The summed E-state index contributed by atoms with van der Waals surface area (Å²) in [7, 11) is 2.86. The van der Waals surface area contributed by atoms with E-state index in [1.165, 1.54) is 26.4 Å². The smallest absolute Gasteiger partial charge is 0.319 e. The Bertz CT molecular complexity index is 512. The number of carbonyl (C=O) groups is 1. The predicted molar refractivity (Wildman–Crippen MR) is 80.6 cm³/mol. The van der Waals surface area contributed by atoms with Crippen LogP contribution in [-0.2, 0) is 0 Å². The maximum atomic E-state index is 13.9. The van der Waals surface area contributed by atoms with Gasteiger partial charge in [0.1, 0.15) is 0 Å². The molecule has 2 amide bonds. The second-order valence-electron chi connectivity index (χ2n) is 5.87. The van der Waals surface area contributed by atoms with Crippen molar-refractivity contribution >= 4 is 11.7 Å². The van der Waals surface area contributed by atoms with Crippen LogP contribution in [0.3, 0.4) is 0 Å². The summed E-state index contributed by atoms with van der Waals surface area (Å²) in [5.41, 5.74) is -0.0562. The molecule has 118 valence electrons. The van der Waals surface area contributed by atoms with Crippen LogP contribution in [0.5, 0.6) is 11.5 Å². The van der Waals surface area contributed by atoms with E-state index >= 15 is 0 Å². The van der Waals surface area contributed by atoms with Gasteiger partial charge in [0.2, 0.25) is 0 Å². The van der Waals surface area contributed by atoms with E-state index in [2.05, 4.69) is 10.6 Å².